The summed E-state index contributed by atoms with van der Waals surface area (Å²) in [5.74, 6) is -0.844. The van der Waals surface area contributed by atoms with Gasteiger partial charge in [0.25, 0.3) is 0 Å². The van der Waals surface area contributed by atoms with Crippen molar-refractivity contribution in [2.45, 2.75) is 51.3 Å². The van der Waals surface area contributed by atoms with Crippen molar-refractivity contribution in [1.29, 1.82) is 0 Å². The largest absolute Gasteiger partial charge is 0.444 e. The SMILES string of the molecule is C[n+]1cccc(NC(=O)C(Cc2ccccc2)NC(=O)C(Cc2ccccc2)NC(=O)OC(C)(C)C)c1. The topological polar surface area (TPSA) is 100 Å². The van der Waals surface area contributed by atoms with E-state index in [-0.39, 0.29) is 18.7 Å². The molecule has 2 aromatic carbocycles. The van der Waals surface area contributed by atoms with Gasteiger partial charge in [0.15, 0.2) is 12.4 Å². The van der Waals surface area contributed by atoms with Crippen molar-refractivity contribution in [1.82, 2.24) is 10.6 Å². The van der Waals surface area contributed by atoms with E-state index in [1.807, 2.05) is 84.5 Å². The van der Waals surface area contributed by atoms with E-state index < -0.39 is 29.7 Å². The van der Waals surface area contributed by atoms with Crippen molar-refractivity contribution >= 4 is 23.6 Å². The Kier molecular flexibility index (Phi) is 9.38. The van der Waals surface area contributed by atoms with Crippen molar-refractivity contribution in [2.75, 3.05) is 5.32 Å². The van der Waals surface area contributed by atoms with Gasteiger partial charge in [0.05, 0.1) is 0 Å². The van der Waals surface area contributed by atoms with Crippen LogP contribution in [0.2, 0.25) is 0 Å². The number of amides is 3. The maximum atomic E-state index is 13.5. The highest BCUT2D eigenvalue weighted by atomic mass is 16.6. The summed E-state index contributed by atoms with van der Waals surface area (Å²) in [5.41, 5.74) is 1.63. The number of nitrogens with one attached hydrogen (secondary N) is 3. The van der Waals surface area contributed by atoms with E-state index in [2.05, 4.69) is 16.0 Å². The molecule has 0 bridgehead atoms. The molecular weight excluding hydrogens is 468 g/mol. The lowest BCUT2D eigenvalue weighted by molar-refractivity contribution is -0.670. The Morgan fingerprint density at radius 1 is 0.784 bits per heavy atom. The van der Waals surface area contributed by atoms with Crippen molar-refractivity contribution in [3.05, 3.63) is 96.3 Å². The molecule has 194 valence electrons. The zero-order chi connectivity index (χ0) is 26.8. The molecule has 8 nitrogen and oxygen atoms in total. The molecule has 0 aliphatic rings. The van der Waals surface area contributed by atoms with E-state index in [1.54, 1.807) is 33.0 Å². The highest BCUT2D eigenvalue weighted by molar-refractivity contribution is 5.98. The molecule has 3 aromatic rings. The predicted molar refractivity (Wildman–Crippen MR) is 142 cm³/mol. The molecule has 0 aliphatic heterocycles. The molecular formula is C29H35N4O4+. The van der Waals surface area contributed by atoms with Crippen LogP contribution >= 0.6 is 0 Å². The Hall–Kier alpha value is -4.20. The van der Waals surface area contributed by atoms with Gasteiger partial charge in [-0.1, -0.05) is 60.7 Å². The summed E-state index contributed by atoms with van der Waals surface area (Å²) in [5, 5.41) is 8.42. The van der Waals surface area contributed by atoms with Crippen LogP contribution in [0.3, 0.4) is 0 Å². The van der Waals surface area contributed by atoms with Crippen molar-refractivity contribution in [2.24, 2.45) is 7.05 Å². The summed E-state index contributed by atoms with van der Waals surface area (Å²) in [4.78, 5) is 39.4. The summed E-state index contributed by atoms with van der Waals surface area (Å²) in [7, 11) is 1.86. The second kappa shape index (κ2) is 12.7. The normalized spacial score (nSPS) is 12.6. The zero-order valence-corrected chi connectivity index (χ0v) is 21.7. The van der Waals surface area contributed by atoms with Crippen LogP contribution in [-0.4, -0.2) is 35.6 Å². The van der Waals surface area contributed by atoms with Crippen molar-refractivity contribution < 1.29 is 23.7 Å². The Bertz CT molecular complexity index is 1190. The van der Waals surface area contributed by atoms with Crippen LogP contribution in [0.5, 0.6) is 0 Å². The number of alkyl carbamates (subject to hydrolysis) is 1. The Labute approximate surface area is 218 Å². The summed E-state index contributed by atoms with van der Waals surface area (Å²) < 4.78 is 7.20. The van der Waals surface area contributed by atoms with Crippen LogP contribution in [-0.2, 0) is 34.2 Å². The Balaban J connectivity index is 1.82. The van der Waals surface area contributed by atoms with Crippen LogP contribution in [0.15, 0.2) is 85.2 Å². The minimum atomic E-state index is -0.946. The molecule has 1 heterocycles. The van der Waals surface area contributed by atoms with Gasteiger partial charge in [0.1, 0.15) is 30.4 Å². The summed E-state index contributed by atoms with van der Waals surface area (Å²) in [6.07, 6.45) is 3.45. The molecule has 8 heteroatoms. The average molecular weight is 504 g/mol. The van der Waals surface area contributed by atoms with E-state index in [0.717, 1.165) is 11.1 Å². The van der Waals surface area contributed by atoms with Gasteiger partial charge < -0.3 is 20.7 Å². The highest BCUT2D eigenvalue weighted by Gasteiger charge is 2.29. The molecule has 1 aromatic heterocycles. The number of anilines is 1. The number of pyridine rings is 1. The number of benzene rings is 2. The standard InChI is InChI=1S/C29H34N4O4/c1-29(2,3)37-28(36)32-25(19-22-14-9-6-10-15-22)27(35)31-24(18-21-12-7-5-8-13-21)26(34)30-23-16-11-17-33(4)20-23/h5-17,20,24-25H,18-19H2,1-4H3,(H2-,30,31,32,34,35,36)/p+1. The minimum Gasteiger partial charge on any atom is -0.444 e. The summed E-state index contributed by atoms with van der Waals surface area (Å²) >= 11 is 0. The third kappa shape index (κ3) is 9.40. The lowest BCUT2D eigenvalue weighted by atomic mass is 10.0. The maximum Gasteiger partial charge on any atom is 0.408 e. The predicted octanol–water partition coefficient (Wildman–Crippen LogP) is 3.31. The number of carbonyl (C=O) groups is 3. The van der Waals surface area contributed by atoms with Gasteiger partial charge in [-0.05, 0) is 38.0 Å². The van der Waals surface area contributed by atoms with Crippen LogP contribution in [0.25, 0.3) is 0 Å². The monoisotopic (exact) mass is 503 g/mol. The number of ether oxygens (including phenoxy) is 1. The maximum absolute atomic E-state index is 13.5. The second-order valence-corrected chi connectivity index (χ2v) is 9.89. The molecule has 2 unspecified atom stereocenters. The first-order chi connectivity index (χ1) is 17.6. The molecule has 3 rings (SSSR count). The van der Waals surface area contributed by atoms with Crippen LogP contribution in [0.1, 0.15) is 31.9 Å². The van der Waals surface area contributed by atoms with Crippen LogP contribution in [0.4, 0.5) is 10.5 Å². The third-order valence-electron chi connectivity index (χ3n) is 5.41. The minimum absolute atomic E-state index is 0.236. The van der Waals surface area contributed by atoms with Crippen LogP contribution in [0, 0.1) is 0 Å². The third-order valence-corrected chi connectivity index (χ3v) is 5.41. The molecule has 3 amide bonds. The lowest BCUT2D eigenvalue weighted by Gasteiger charge is -2.25. The number of hydrogen-bond acceptors (Lipinski definition) is 4. The van der Waals surface area contributed by atoms with E-state index in [1.165, 1.54) is 0 Å². The molecule has 0 saturated heterocycles. The van der Waals surface area contributed by atoms with Gasteiger partial charge in [-0.25, -0.2) is 9.36 Å². The van der Waals surface area contributed by atoms with Gasteiger partial charge in [0, 0.05) is 18.9 Å². The first-order valence-corrected chi connectivity index (χ1v) is 12.2. The molecule has 0 aliphatic carbocycles. The van der Waals surface area contributed by atoms with E-state index in [0.29, 0.717) is 5.69 Å². The Morgan fingerprint density at radius 3 is 1.84 bits per heavy atom. The zero-order valence-electron chi connectivity index (χ0n) is 21.7. The van der Waals surface area contributed by atoms with Gasteiger partial charge in [-0.2, -0.15) is 0 Å². The summed E-state index contributed by atoms with van der Waals surface area (Å²) in [6.45, 7) is 5.26. The number of carbonyl (C=O) groups excluding carboxylic acids is 3. The smallest absolute Gasteiger partial charge is 0.408 e. The van der Waals surface area contributed by atoms with Gasteiger partial charge in [-0.15, -0.1) is 0 Å². The van der Waals surface area contributed by atoms with Gasteiger partial charge in [-0.3, -0.25) is 9.59 Å². The lowest BCUT2D eigenvalue weighted by Crippen LogP contribution is -2.54. The van der Waals surface area contributed by atoms with Gasteiger partial charge in [0.2, 0.25) is 11.8 Å². The summed E-state index contributed by atoms with van der Waals surface area (Å²) in [6, 6.07) is 20.6. The van der Waals surface area contributed by atoms with E-state index >= 15 is 0 Å². The van der Waals surface area contributed by atoms with Crippen LogP contribution < -0.4 is 20.5 Å². The average Bonchev–Trinajstić information content (AvgIpc) is 2.83. The fraction of sp³-hybridized carbons (Fsp3) is 0.310. The fourth-order valence-corrected chi connectivity index (χ4v) is 3.73. The molecule has 0 saturated carbocycles. The number of aryl methyl sites for hydroxylation is 1. The number of nitrogens with zero attached hydrogens (tertiary/aromatic N) is 1. The molecule has 2 atom stereocenters. The second-order valence-electron chi connectivity index (χ2n) is 9.89. The van der Waals surface area contributed by atoms with Gasteiger partial charge >= 0.3 is 6.09 Å². The van der Waals surface area contributed by atoms with Crippen molar-refractivity contribution in [3.63, 3.8) is 0 Å². The molecule has 0 spiro atoms. The molecule has 3 N–H and O–H groups in total. The first kappa shape index (κ1) is 27.4. The number of rotatable bonds is 9. The van der Waals surface area contributed by atoms with E-state index in [9.17, 15) is 14.4 Å². The quantitative estimate of drug-likeness (QED) is 0.390. The molecule has 37 heavy (non-hydrogen) atoms. The fourth-order valence-electron chi connectivity index (χ4n) is 3.73. The number of aromatic nitrogens is 1. The molecule has 0 fully saturated rings. The van der Waals surface area contributed by atoms with E-state index in [4.69, 9.17) is 4.74 Å². The highest BCUT2D eigenvalue weighted by Crippen LogP contribution is 2.11. The number of hydrogen-bond donors (Lipinski definition) is 3. The van der Waals surface area contributed by atoms with Crippen molar-refractivity contribution in [3.8, 4) is 0 Å². The Morgan fingerprint density at radius 2 is 1.32 bits per heavy atom. The first-order valence-electron chi connectivity index (χ1n) is 12.2. The molecule has 0 radical (unpaired) electrons.